The molecule has 134 valence electrons. The number of carbonyl (C=O) groups is 1. The molecule has 2 aromatic carbocycles. The molecule has 0 N–H and O–H groups in total. The SMILES string of the molecule is COc1ccc2c(COC(=O)[C@H](C)Oc3ccccc3)cc(=O)oc2c1. The highest BCUT2D eigenvalue weighted by molar-refractivity contribution is 5.82. The standard InChI is InChI=1S/C20H18O6/c1-13(25-15-6-4-3-5-7-15)20(22)24-12-14-10-19(21)26-18-11-16(23-2)8-9-17(14)18/h3-11,13H,12H2,1-2H3/t13-/m0/s1. The molecule has 0 bridgehead atoms. The fraction of sp³-hybridized carbons (Fsp3) is 0.200. The van der Waals surface area contributed by atoms with E-state index < -0.39 is 17.7 Å². The van der Waals surface area contributed by atoms with Gasteiger partial charge in [0.2, 0.25) is 0 Å². The smallest absolute Gasteiger partial charge is 0.347 e. The van der Waals surface area contributed by atoms with Crippen LogP contribution in [0, 0.1) is 0 Å². The maximum atomic E-state index is 12.2. The molecule has 1 aromatic heterocycles. The van der Waals surface area contributed by atoms with Gasteiger partial charge in [-0.05, 0) is 31.2 Å². The number of para-hydroxylation sites is 1. The molecule has 0 aliphatic carbocycles. The average Bonchev–Trinajstić information content (AvgIpc) is 2.65. The van der Waals surface area contributed by atoms with E-state index in [1.54, 1.807) is 37.3 Å². The predicted molar refractivity (Wildman–Crippen MR) is 95.4 cm³/mol. The Hall–Kier alpha value is -3.28. The van der Waals surface area contributed by atoms with Crippen molar-refractivity contribution in [2.45, 2.75) is 19.6 Å². The minimum atomic E-state index is -0.774. The molecule has 26 heavy (non-hydrogen) atoms. The summed E-state index contributed by atoms with van der Waals surface area (Å²) < 4.78 is 21.1. The molecule has 0 aliphatic rings. The van der Waals surface area contributed by atoms with Crippen molar-refractivity contribution in [3.63, 3.8) is 0 Å². The first kappa shape index (κ1) is 17.5. The van der Waals surface area contributed by atoms with Crippen molar-refractivity contribution in [1.82, 2.24) is 0 Å². The molecule has 3 rings (SSSR count). The number of methoxy groups -OCH3 is 1. The summed E-state index contributed by atoms with van der Waals surface area (Å²) >= 11 is 0. The van der Waals surface area contributed by atoms with Crippen LogP contribution >= 0.6 is 0 Å². The van der Waals surface area contributed by atoms with Crippen LogP contribution in [0.1, 0.15) is 12.5 Å². The molecule has 0 unspecified atom stereocenters. The fourth-order valence-corrected chi connectivity index (χ4v) is 2.47. The van der Waals surface area contributed by atoms with Crippen molar-refractivity contribution in [1.29, 1.82) is 0 Å². The Morgan fingerprint density at radius 1 is 1.08 bits per heavy atom. The largest absolute Gasteiger partial charge is 0.497 e. The molecule has 0 amide bonds. The summed E-state index contributed by atoms with van der Waals surface area (Å²) in [5.74, 6) is 0.623. The molecule has 1 heterocycles. The summed E-state index contributed by atoms with van der Waals surface area (Å²) in [6, 6.07) is 15.4. The topological polar surface area (TPSA) is 75.0 Å². The van der Waals surface area contributed by atoms with Gasteiger partial charge in [-0.1, -0.05) is 18.2 Å². The Labute approximate surface area is 149 Å². The van der Waals surface area contributed by atoms with E-state index >= 15 is 0 Å². The number of hydrogen-bond donors (Lipinski definition) is 0. The van der Waals surface area contributed by atoms with Gasteiger partial charge in [0, 0.05) is 23.1 Å². The van der Waals surface area contributed by atoms with Crippen molar-refractivity contribution < 1.29 is 23.4 Å². The predicted octanol–water partition coefficient (Wildman–Crippen LogP) is 3.31. The highest BCUT2D eigenvalue weighted by atomic mass is 16.6. The summed E-state index contributed by atoms with van der Waals surface area (Å²) in [7, 11) is 1.53. The summed E-state index contributed by atoms with van der Waals surface area (Å²) in [4.78, 5) is 23.9. The van der Waals surface area contributed by atoms with Gasteiger partial charge in [0.15, 0.2) is 6.10 Å². The Morgan fingerprint density at radius 2 is 1.85 bits per heavy atom. The van der Waals surface area contributed by atoms with Crippen molar-refractivity contribution in [2.75, 3.05) is 7.11 Å². The molecule has 1 atom stereocenters. The molecule has 0 saturated carbocycles. The number of esters is 1. The third-order valence-corrected chi connectivity index (χ3v) is 3.80. The van der Waals surface area contributed by atoms with Gasteiger partial charge in [-0.15, -0.1) is 0 Å². The van der Waals surface area contributed by atoms with Gasteiger partial charge in [-0.2, -0.15) is 0 Å². The lowest BCUT2D eigenvalue weighted by atomic mass is 10.1. The number of benzene rings is 2. The Kier molecular flexibility index (Phi) is 5.22. The van der Waals surface area contributed by atoms with Crippen molar-refractivity contribution in [3.8, 4) is 11.5 Å². The van der Waals surface area contributed by atoms with Crippen molar-refractivity contribution >= 4 is 16.9 Å². The number of rotatable bonds is 6. The second-order valence-corrected chi connectivity index (χ2v) is 5.63. The Balaban J connectivity index is 1.72. The van der Waals surface area contributed by atoms with Gasteiger partial charge in [0.25, 0.3) is 0 Å². The quantitative estimate of drug-likeness (QED) is 0.499. The van der Waals surface area contributed by atoms with Crippen LogP contribution in [0.5, 0.6) is 11.5 Å². The number of hydrogen-bond acceptors (Lipinski definition) is 6. The molecule has 6 heteroatoms. The summed E-state index contributed by atoms with van der Waals surface area (Å²) in [5.41, 5.74) is 0.404. The van der Waals surface area contributed by atoms with Crippen LogP contribution in [-0.4, -0.2) is 19.2 Å². The number of fused-ring (bicyclic) bond motifs is 1. The lowest BCUT2D eigenvalue weighted by Crippen LogP contribution is -2.26. The van der Waals surface area contributed by atoms with E-state index in [0.717, 1.165) is 0 Å². The monoisotopic (exact) mass is 354 g/mol. The zero-order valence-electron chi connectivity index (χ0n) is 14.4. The van der Waals surface area contributed by atoms with Crippen LogP contribution in [0.15, 0.2) is 63.8 Å². The first-order valence-electron chi connectivity index (χ1n) is 8.06. The van der Waals surface area contributed by atoms with Gasteiger partial charge in [0.05, 0.1) is 7.11 Å². The molecule has 0 spiro atoms. The van der Waals surface area contributed by atoms with Gasteiger partial charge in [0.1, 0.15) is 23.7 Å². The third kappa shape index (κ3) is 4.03. The van der Waals surface area contributed by atoms with Crippen molar-refractivity contribution in [3.05, 3.63) is 70.6 Å². The van der Waals surface area contributed by atoms with Gasteiger partial charge >= 0.3 is 11.6 Å². The highest BCUT2D eigenvalue weighted by Crippen LogP contribution is 2.23. The van der Waals surface area contributed by atoms with Gasteiger partial charge < -0.3 is 18.6 Å². The lowest BCUT2D eigenvalue weighted by Gasteiger charge is -2.14. The third-order valence-electron chi connectivity index (χ3n) is 3.80. The average molecular weight is 354 g/mol. The maximum absolute atomic E-state index is 12.2. The van der Waals surface area contributed by atoms with Gasteiger partial charge in [-0.25, -0.2) is 9.59 Å². The van der Waals surface area contributed by atoms with E-state index in [9.17, 15) is 9.59 Å². The second-order valence-electron chi connectivity index (χ2n) is 5.63. The first-order chi connectivity index (χ1) is 12.6. The Bertz CT molecular complexity index is 961. The molecule has 0 radical (unpaired) electrons. The molecule has 0 fully saturated rings. The molecule has 0 saturated heterocycles. The van der Waals surface area contributed by atoms with E-state index in [0.29, 0.717) is 28.0 Å². The van der Waals surface area contributed by atoms with Crippen LogP contribution in [-0.2, 0) is 16.1 Å². The molecule has 6 nitrogen and oxygen atoms in total. The number of ether oxygens (including phenoxy) is 3. The molecule has 0 aliphatic heterocycles. The minimum absolute atomic E-state index is 0.0598. The first-order valence-corrected chi connectivity index (χ1v) is 8.06. The van der Waals surface area contributed by atoms with E-state index in [4.69, 9.17) is 18.6 Å². The zero-order chi connectivity index (χ0) is 18.5. The van der Waals surface area contributed by atoms with Gasteiger partial charge in [-0.3, -0.25) is 0 Å². The van der Waals surface area contributed by atoms with Crippen LogP contribution in [0.3, 0.4) is 0 Å². The minimum Gasteiger partial charge on any atom is -0.497 e. The highest BCUT2D eigenvalue weighted by Gasteiger charge is 2.17. The second kappa shape index (κ2) is 7.74. The van der Waals surface area contributed by atoms with Crippen LogP contribution < -0.4 is 15.1 Å². The zero-order valence-corrected chi connectivity index (χ0v) is 14.4. The van der Waals surface area contributed by atoms with Crippen molar-refractivity contribution in [2.24, 2.45) is 0 Å². The lowest BCUT2D eigenvalue weighted by molar-refractivity contribution is -0.152. The summed E-state index contributed by atoms with van der Waals surface area (Å²) in [6.45, 7) is 1.55. The van der Waals surface area contributed by atoms with E-state index in [1.807, 2.05) is 18.2 Å². The number of carbonyl (C=O) groups excluding carboxylic acids is 1. The van der Waals surface area contributed by atoms with E-state index in [2.05, 4.69) is 0 Å². The summed E-state index contributed by atoms with van der Waals surface area (Å²) in [5, 5.41) is 0.676. The van der Waals surface area contributed by atoms with Crippen LogP contribution in [0.2, 0.25) is 0 Å². The van der Waals surface area contributed by atoms with Crippen LogP contribution in [0.25, 0.3) is 11.0 Å². The molecule has 3 aromatic rings. The van der Waals surface area contributed by atoms with Crippen LogP contribution in [0.4, 0.5) is 0 Å². The molecular weight excluding hydrogens is 336 g/mol. The van der Waals surface area contributed by atoms with E-state index in [1.165, 1.54) is 13.2 Å². The maximum Gasteiger partial charge on any atom is 0.347 e. The molecular formula is C20H18O6. The normalized spacial score (nSPS) is 11.8. The van der Waals surface area contributed by atoms with E-state index in [-0.39, 0.29) is 6.61 Å². The Morgan fingerprint density at radius 3 is 2.58 bits per heavy atom. The fourth-order valence-electron chi connectivity index (χ4n) is 2.47. The summed E-state index contributed by atoms with van der Waals surface area (Å²) in [6.07, 6.45) is -0.774.